The average molecular weight is 196 g/mol. The van der Waals surface area contributed by atoms with Gasteiger partial charge in [-0.15, -0.1) is 0 Å². The summed E-state index contributed by atoms with van der Waals surface area (Å²) >= 11 is 1.06. The van der Waals surface area contributed by atoms with Gasteiger partial charge in [0.1, 0.15) is 0 Å². The number of rotatable bonds is 2. The fourth-order valence-electron chi connectivity index (χ4n) is 1.23. The van der Waals surface area contributed by atoms with Crippen LogP contribution >= 0.6 is 11.8 Å². The Bertz CT molecular complexity index is 334. The van der Waals surface area contributed by atoms with Crippen molar-refractivity contribution >= 4 is 22.9 Å². The van der Waals surface area contributed by atoms with Gasteiger partial charge in [-0.1, -0.05) is 11.8 Å². The SMILES string of the molecule is O=C1NC(=O)C(Cc2cc[nH]c2)S1. The van der Waals surface area contributed by atoms with Crippen LogP contribution in [-0.4, -0.2) is 21.4 Å². The van der Waals surface area contributed by atoms with Crippen molar-refractivity contribution in [3.8, 4) is 0 Å². The normalized spacial score (nSPS) is 22.0. The van der Waals surface area contributed by atoms with Gasteiger partial charge in [-0.25, -0.2) is 0 Å². The molecule has 1 aromatic heterocycles. The molecule has 2 amide bonds. The van der Waals surface area contributed by atoms with Gasteiger partial charge >= 0.3 is 0 Å². The number of nitrogens with one attached hydrogen (secondary N) is 2. The van der Waals surface area contributed by atoms with E-state index in [9.17, 15) is 9.59 Å². The van der Waals surface area contributed by atoms with Crippen molar-refractivity contribution in [2.24, 2.45) is 0 Å². The number of hydrogen-bond donors (Lipinski definition) is 2. The predicted molar refractivity (Wildman–Crippen MR) is 49.4 cm³/mol. The third-order valence-corrected chi connectivity index (χ3v) is 2.83. The lowest BCUT2D eigenvalue weighted by atomic mass is 10.2. The van der Waals surface area contributed by atoms with E-state index in [0.29, 0.717) is 6.42 Å². The van der Waals surface area contributed by atoms with Crippen LogP contribution in [0.2, 0.25) is 0 Å². The molecule has 1 aliphatic heterocycles. The molecule has 2 heterocycles. The Morgan fingerprint density at radius 2 is 2.31 bits per heavy atom. The van der Waals surface area contributed by atoms with Crippen molar-refractivity contribution < 1.29 is 9.59 Å². The van der Waals surface area contributed by atoms with Crippen molar-refractivity contribution in [1.82, 2.24) is 10.3 Å². The maximum atomic E-state index is 11.1. The molecule has 1 aromatic rings. The van der Waals surface area contributed by atoms with E-state index < -0.39 is 0 Å². The molecule has 1 saturated heterocycles. The summed E-state index contributed by atoms with van der Waals surface area (Å²) in [6, 6.07) is 1.90. The van der Waals surface area contributed by atoms with Crippen LogP contribution in [0, 0.1) is 0 Å². The number of aromatic nitrogens is 1. The molecule has 0 bridgehead atoms. The highest BCUT2D eigenvalue weighted by Crippen LogP contribution is 2.22. The number of carbonyl (C=O) groups excluding carboxylic acids is 2. The van der Waals surface area contributed by atoms with Gasteiger partial charge in [0.05, 0.1) is 5.25 Å². The van der Waals surface area contributed by atoms with Crippen LogP contribution in [0.1, 0.15) is 5.56 Å². The second kappa shape index (κ2) is 3.26. The maximum absolute atomic E-state index is 11.1. The highest BCUT2D eigenvalue weighted by molar-refractivity contribution is 8.15. The van der Waals surface area contributed by atoms with Gasteiger partial charge in [0.2, 0.25) is 5.91 Å². The molecule has 0 saturated carbocycles. The summed E-state index contributed by atoms with van der Waals surface area (Å²) in [5.41, 5.74) is 1.04. The smallest absolute Gasteiger partial charge is 0.286 e. The summed E-state index contributed by atoms with van der Waals surface area (Å²) in [5.74, 6) is -0.184. The third-order valence-electron chi connectivity index (χ3n) is 1.85. The number of carbonyl (C=O) groups is 2. The third kappa shape index (κ3) is 1.75. The summed E-state index contributed by atoms with van der Waals surface area (Å²) in [4.78, 5) is 24.9. The number of H-pyrrole nitrogens is 1. The minimum Gasteiger partial charge on any atom is -0.367 e. The van der Waals surface area contributed by atoms with E-state index in [0.717, 1.165) is 17.3 Å². The molecular formula is C8H8N2O2S. The lowest BCUT2D eigenvalue weighted by molar-refractivity contribution is -0.118. The first-order valence-electron chi connectivity index (χ1n) is 3.89. The Morgan fingerprint density at radius 3 is 2.85 bits per heavy atom. The first kappa shape index (κ1) is 8.37. The van der Waals surface area contributed by atoms with Crippen LogP contribution in [-0.2, 0) is 11.2 Å². The molecule has 1 unspecified atom stereocenters. The minimum absolute atomic E-state index is 0.184. The van der Waals surface area contributed by atoms with Crippen LogP contribution in [0.3, 0.4) is 0 Å². The zero-order valence-corrected chi connectivity index (χ0v) is 7.56. The van der Waals surface area contributed by atoms with Crippen molar-refractivity contribution in [3.05, 3.63) is 24.0 Å². The zero-order valence-electron chi connectivity index (χ0n) is 6.74. The van der Waals surface area contributed by atoms with Crippen LogP contribution in [0.25, 0.3) is 0 Å². The Morgan fingerprint density at radius 1 is 1.46 bits per heavy atom. The number of aromatic amines is 1. The number of thioether (sulfide) groups is 1. The standard InChI is InChI=1S/C8H8N2O2S/c11-7-6(13-8(12)10-7)3-5-1-2-9-4-5/h1-2,4,6,9H,3H2,(H,10,11,12). The summed E-state index contributed by atoms with van der Waals surface area (Å²) in [7, 11) is 0. The molecule has 13 heavy (non-hydrogen) atoms. The molecule has 0 aliphatic carbocycles. The van der Waals surface area contributed by atoms with E-state index in [1.807, 2.05) is 12.3 Å². The van der Waals surface area contributed by atoms with E-state index in [2.05, 4.69) is 10.3 Å². The van der Waals surface area contributed by atoms with Crippen molar-refractivity contribution in [3.63, 3.8) is 0 Å². The molecule has 0 radical (unpaired) electrons. The van der Waals surface area contributed by atoms with Crippen molar-refractivity contribution in [1.29, 1.82) is 0 Å². The number of hydrogen-bond acceptors (Lipinski definition) is 3. The molecule has 2 N–H and O–H groups in total. The molecule has 5 heteroatoms. The first-order chi connectivity index (χ1) is 6.25. The highest BCUT2D eigenvalue weighted by atomic mass is 32.2. The minimum atomic E-state index is -0.261. The maximum Gasteiger partial charge on any atom is 0.286 e. The number of amides is 2. The van der Waals surface area contributed by atoms with E-state index >= 15 is 0 Å². The van der Waals surface area contributed by atoms with E-state index in [4.69, 9.17) is 0 Å². The van der Waals surface area contributed by atoms with E-state index in [1.54, 1.807) is 6.20 Å². The molecule has 1 atom stereocenters. The lowest BCUT2D eigenvalue weighted by Gasteiger charge is -2.00. The monoisotopic (exact) mass is 196 g/mol. The summed E-state index contributed by atoms with van der Waals surface area (Å²) in [6.07, 6.45) is 4.23. The number of imide groups is 1. The zero-order chi connectivity index (χ0) is 9.26. The fourth-order valence-corrected chi connectivity index (χ4v) is 2.09. The molecular weight excluding hydrogens is 188 g/mol. The molecule has 1 aliphatic rings. The Hall–Kier alpha value is -1.23. The van der Waals surface area contributed by atoms with Gasteiger partial charge in [-0.2, -0.15) is 0 Å². The Labute approximate surface area is 79.1 Å². The highest BCUT2D eigenvalue weighted by Gasteiger charge is 2.31. The Balaban J connectivity index is 2.03. The second-order valence-corrected chi connectivity index (χ2v) is 3.98. The van der Waals surface area contributed by atoms with E-state index in [1.165, 1.54) is 0 Å². The van der Waals surface area contributed by atoms with Gasteiger partial charge < -0.3 is 4.98 Å². The summed E-state index contributed by atoms with van der Waals surface area (Å²) < 4.78 is 0. The van der Waals surface area contributed by atoms with Crippen LogP contribution < -0.4 is 5.32 Å². The van der Waals surface area contributed by atoms with Crippen molar-refractivity contribution in [2.75, 3.05) is 0 Å². The van der Waals surface area contributed by atoms with Crippen LogP contribution in [0.4, 0.5) is 4.79 Å². The largest absolute Gasteiger partial charge is 0.367 e. The van der Waals surface area contributed by atoms with Crippen LogP contribution in [0.15, 0.2) is 18.5 Å². The average Bonchev–Trinajstić information content (AvgIpc) is 2.63. The molecule has 0 spiro atoms. The van der Waals surface area contributed by atoms with Gasteiger partial charge in [-0.05, 0) is 18.1 Å². The van der Waals surface area contributed by atoms with Crippen molar-refractivity contribution in [2.45, 2.75) is 11.7 Å². The molecule has 68 valence electrons. The molecule has 1 fully saturated rings. The lowest BCUT2D eigenvalue weighted by Crippen LogP contribution is -2.25. The molecule has 0 aromatic carbocycles. The second-order valence-electron chi connectivity index (χ2n) is 2.81. The summed E-state index contributed by atoms with van der Waals surface area (Å²) in [6.45, 7) is 0. The predicted octanol–water partition coefficient (Wildman–Crippen LogP) is 0.909. The Kier molecular flexibility index (Phi) is 2.10. The summed E-state index contributed by atoms with van der Waals surface area (Å²) in [5, 5.41) is 1.75. The first-order valence-corrected chi connectivity index (χ1v) is 4.77. The molecule has 4 nitrogen and oxygen atoms in total. The fraction of sp³-hybridized carbons (Fsp3) is 0.250. The quantitative estimate of drug-likeness (QED) is 0.739. The van der Waals surface area contributed by atoms with Gasteiger partial charge in [0.15, 0.2) is 0 Å². The van der Waals surface area contributed by atoms with Gasteiger partial charge in [-0.3, -0.25) is 14.9 Å². The molecule has 2 rings (SSSR count). The van der Waals surface area contributed by atoms with Crippen LogP contribution in [0.5, 0.6) is 0 Å². The van der Waals surface area contributed by atoms with E-state index in [-0.39, 0.29) is 16.4 Å². The van der Waals surface area contributed by atoms with Gasteiger partial charge in [0, 0.05) is 12.4 Å². The van der Waals surface area contributed by atoms with Gasteiger partial charge in [0.25, 0.3) is 5.24 Å². The topological polar surface area (TPSA) is 62.0 Å².